The van der Waals surface area contributed by atoms with E-state index in [1.165, 1.54) is 0 Å². The van der Waals surface area contributed by atoms with E-state index in [1.54, 1.807) is 13.2 Å². The molecule has 0 atom stereocenters. The van der Waals surface area contributed by atoms with Crippen molar-refractivity contribution in [2.24, 2.45) is 0 Å². The molecular formula is C19H27ClN2O3. The van der Waals surface area contributed by atoms with Gasteiger partial charge in [0.05, 0.1) is 18.6 Å². The maximum Gasteiger partial charge on any atom is 0.227 e. The number of amides is 2. The summed E-state index contributed by atoms with van der Waals surface area (Å²) in [5.41, 5.74) is 1.90. The van der Waals surface area contributed by atoms with Crippen molar-refractivity contribution < 1.29 is 14.3 Å². The number of halogens is 1. The van der Waals surface area contributed by atoms with Gasteiger partial charge in [0.25, 0.3) is 0 Å². The molecule has 0 saturated carbocycles. The number of ether oxygens (including phenoxy) is 1. The number of methoxy groups -OCH3 is 1. The molecule has 5 nitrogen and oxygen atoms in total. The van der Waals surface area contributed by atoms with Crippen LogP contribution in [0, 0.1) is 6.92 Å². The Morgan fingerprint density at radius 3 is 2.28 bits per heavy atom. The molecule has 0 unspecified atom stereocenters. The van der Waals surface area contributed by atoms with E-state index in [1.807, 2.05) is 22.8 Å². The lowest BCUT2D eigenvalue weighted by Crippen LogP contribution is -2.51. The highest BCUT2D eigenvalue weighted by molar-refractivity contribution is 6.32. The molecule has 0 radical (unpaired) electrons. The average molecular weight is 367 g/mol. The van der Waals surface area contributed by atoms with Gasteiger partial charge in [-0.15, -0.1) is 0 Å². The number of hydrogen-bond acceptors (Lipinski definition) is 3. The molecule has 0 spiro atoms. The summed E-state index contributed by atoms with van der Waals surface area (Å²) in [6.07, 6.45) is 2.87. The van der Waals surface area contributed by atoms with Gasteiger partial charge < -0.3 is 14.5 Å². The molecule has 0 aliphatic carbocycles. The maximum atomic E-state index is 12.6. The van der Waals surface area contributed by atoms with E-state index in [-0.39, 0.29) is 11.8 Å². The van der Waals surface area contributed by atoms with E-state index in [9.17, 15) is 9.59 Å². The van der Waals surface area contributed by atoms with Crippen molar-refractivity contribution in [2.75, 3.05) is 33.3 Å². The van der Waals surface area contributed by atoms with Crippen LogP contribution in [0.25, 0.3) is 0 Å². The Morgan fingerprint density at radius 1 is 1.12 bits per heavy atom. The molecule has 0 aromatic heterocycles. The van der Waals surface area contributed by atoms with Crippen LogP contribution in [-0.2, 0) is 16.0 Å². The van der Waals surface area contributed by atoms with Gasteiger partial charge in [-0.3, -0.25) is 9.59 Å². The minimum absolute atomic E-state index is 0.0741. The Labute approximate surface area is 154 Å². The van der Waals surface area contributed by atoms with Gasteiger partial charge in [-0.25, -0.2) is 0 Å². The van der Waals surface area contributed by atoms with Gasteiger partial charge in [-0.1, -0.05) is 24.9 Å². The number of benzene rings is 1. The first-order chi connectivity index (χ1) is 12.0. The molecule has 6 heteroatoms. The molecule has 0 bridgehead atoms. The van der Waals surface area contributed by atoms with E-state index in [2.05, 4.69) is 6.92 Å². The summed E-state index contributed by atoms with van der Waals surface area (Å²) in [6, 6.07) is 3.66. The summed E-state index contributed by atoms with van der Waals surface area (Å²) < 4.78 is 5.20. The van der Waals surface area contributed by atoms with E-state index in [0.717, 1.165) is 24.0 Å². The van der Waals surface area contributed by atoms with Crippen LogP contribution in [0.1, 0.15) is 37.3 Å². The van der Waals surface area contributed by atoms with Crippen LogP contribution >= 0.6 is 11.6 Å². The first-order valence-electron chi connectivity index (χ1n) is 8.84. The normalized spacial score (nSPS) is 14.6. The SMILES string of the molecule is CCCCC(=O)N1CCN(C(=O)Cc2cc(Cl)c(OC)cc2C)CC1. The second-order valence-electron chi connectivity index (χ2n) is 6.46. The molecule has 1 aliphatic heterocycles. The standard InChI is InChI=1S/C19H27ClN2O3/c1-4-5-6-18(23)21-7-9-22(10-8-21)19(24)13-15-12-16(20)17(25-3)11-14(15)2/h11-12H,4-10,13H2,1-3H3. The van der Waals surface area contributed by atoms with E-state index >= 15 is 0 Å². The monoisotopic (exact) mass is 366 g/mol. The summed E-state index contributed by atoms with van der Waals surface area (Å²) >= 11 is 6.17. The Bertz CT molecular complexity index is 625. The van der Waals surface area contributed by atoms with E-state index in [0.29, 0.717) is 49.8 Å². The Kier molecular flexibility index (Phi) is 7.12. The zero-order valence-electron chi connectivity index (χ0n) is 15.3. The second-order valence-corrected chi connectivity index (χ2v) is 6.86. The zero-order chi connectivity index (χ0) is 18.4. The molecule has 1 aromatic rings. The molecule has 1 heterocycles. The number of rotatable bonds is 6. The molecule has 25 heavy (non-hydrogen) atoms. The topological polar surface area (TPSA) is 49.9 Å². The smallest absolute Gasteiger partial charge is 0.227 e. The molecule has 1 saturated heterocycles. The van der Waals surface area contributed by atoms with Crippen LogP contribution in [0.2, 0.25) is 5.02 Å². The fourth-order valence-corrected chi connectivity index (χ4v) is 3.27. The molecule has 138 valence electrons. The summed E-state index contributed by atoms with van der Waals surface area (Å²) in [5, 5.41) is 0.516. The molecule has 2 amide bonds. The number of carbonyl (C=O) groups is 2. The third-order valence-electron chi connectivity index (χ3n) is 4.68. The molecular weight excluding hydrogens is 340 g/mol. The van der Waals surface area contributed by atoms with Crippen molar-refractivity contribution in [3.8, 4) is 5.75 Å². The highest BCUT2D eigenvalue weighted by Crippen LogP contribution is 2.28. The van der Waals surface area contributed by atoms with Crippen LogP contribution in [0.5, 0.6) is 5.75 Å². The predicted octanol–water partition coefficient (Wildman–Crippen LogP) is 3.06. The van der Waals surface area contributed by atoms with Gasteiger partial charge in [0.15, 0.2) is 0 Å². The molecule has 0 N–H and O–H groups in total. The van der Waals surface area contributed by atoms with Crippen molar-refractivity contribution in [2.45, 2.75) is 39.5 Å². The molecule has 1 fully saturated rings. The lowest BCUT2D eigenvalue weighted by atomic mass is 10.0. The number of hydrogen-bond donors (Lipinski definition) is 0. The number of aryl methyl sites for hydroxylation is 1. The first-order valence-corrected chi connectivity index (χ1v) is 9.22. The molecule has 1 aliphatic rings. The number of carbonyl (C=O) groups excluding carboxylic acids is 2. The largest absolute Gasteiger partial charge is 0.495 e. The third-order valence-corrected chi connectivity index (χ3v) is 4.98. The van der Waals surface area contributed by atoms with Crippen molar-refractivity contribution in [1.29, 1.82) is 0 Å². The van der Waals surface area contributed by atoms with Crippen LogP contribution in [-0.4, -0.2) is 54.9 Å². The molecule has 2 rings (SSSR count). The van der Waals surface area contributed by atoms with Crippen LogP contribution in [0.3, 0.4) is 0 Å². The predicted molar refractivity (Wildman–Crippen MR) is 99.1 cm³/mol. The summed E-state index contributed by atoms with van der Waals surface area (Å²) in [5.74, 6) is 0.895. The second kappa shape index (κ2) is 9.09. The van der Waals surface area contributed by atoms with Gasteiger partial charge in [0, 0.05) is 32.6 Å². The van der Waals surface area contributed by atoms with Crippen LogP contribution in [0.15, 0.2) is 12.1 Å². The highest BCUT2D eigenvalue weighted by Gasteiger charge is 2.24. The van der Waals surface area contributed by atoms with Gasteiger partial charge in [-0.05, 0) is 36.6 Å². The highest BCUT2D eigenvalue weighted by atomic mass is 35.5. The fourth-order valence-electron chi connectivity index (χ4n) is 3.01. The molecule has 1 aromatic carbocycles. The number of piperazine rings is 1. The third kappa shape index (κ3) is 5.11. The average Bonchev–Trinajstić information content (AvgIpc) is 2.62. The van der Waals surface area contributed by atoms with Gasteiger partial charge in [0.2, 0.25) is 11.8 Å². The lowest BCUT2D eigenvalue weighted by Gasteiger charge is -2.35. The summed E-state index contributed by atoms with van der Waals surface area (Å²) in [6.45, 7) is 6.47. The first kappa shape index (κ1) is 19.6. The van der Waals surface area contributed by atoms with Gasteiger partial charge in [-0.2, -0.15) is 0 Å². The summed E-state index contributed by atoms with van der Waals surface area (Å²) in [7, 11) is 1.58. The fraction of sp³-hybridized carbons (Fsp3) is 0.579. The van der Waals surface area contributed by atoms with Gasteiger partial charge in [0.1, 0.15) is 5.75 Å². The van der Waals surface area contributed by atoms with Gasteiger partial charge >= 0.3 is 0 Å². The van der Waals surface area contributed by atoms with Crippen molar-refractivity contribution in [3.63, 3.8) is 0 Å². The van der Waals surface area contributed by atoms with Crippen molar-refractivity contribution in [3.05, 3.63) is 28.3 Å². The van der Waals surface area contributed by atoms with E-state index in [4.69, 9.17) is 16.3 Å². The minimum Gasteiger partial charge on any atom is -0.495 e. The quantitative estimate of drug-likeness (QED) is 0.777. The Morgan fingerprint density at radius 2 is 1.72 bits per heavy atom. The minimum atomic E-state index is 0.0741. The zero-order valence-corrected chi connectivity index (χ0v) is 16.1. The maximum absolute atomic E-state index is 12.6. The summed E-state index contributed by atoms with van der Waals surface area (Å²) in [4.78, 5) is 28.3. The van der Waals surface area contributed by atoms with Crippen LogP contribution in [0.4, 0.5) is 0 Å². The van der Waals surface area contributed by atoms with Crippen LogP contribution < -0.4 is 4.74 Å². The Balaban J connectivity index is 1.91. The van der Waals surface area contributed by atoms with Crippen molar-refractivity contribution in [1.82, 2.24) is 9.80 Å². The Hall–Kier alpha value is -1.75. The number of nitrogens with zero attached hydrogens (tertiary/aromatic N) is 2. The van der Waals surface area contributed by atoms with E-state index < -0.39 is 0 Å². The lowest BCUT2D eigenvalue weighted by molar-refractivity contribution is -0.139. The number of unbranched alkanes of at least 4 members (excludes halogenated alkanes) is 1. The van der Waals surface area contributed by atoms with Crippen molar-refractivity contribution >= 4 is 23.4 Å².